The summed E-state index contributed by atoms with van der Waals surface area (Å²) in [4.78, 5) is 20.9. The molecule has 8 nitrogen and oxygen atoms in total. The number of hydrogen-bond donors (Lipinski definition) is 2. The SMILES string of the molecule is NC(=O)c1n[nH]nc1-c1cccc(C(F)(F)F)c1[N+](=O)[O-]. The van der Waals surface area contributed by atoms with E-state index in [0.717, 1.165) is 12.1 Å². The number of carbonyl (C=O) groups excluding carboxylic acids is 1. The minimum atomic E-state index is -4.94. The second-order valence-electron chi connectivity index (χ2n) is 3.84. The zero-order valence-electron chi connectivity index (χ0n) is 10.0. The van der Waals surface area contributed by atoms with Crippen LogP contribution in [0.15, 0.2) is 18.2 Å². The molecule has 0 fully saturated rings. The lowest BCUT2D eigenvalue weighted by Gasteiger charge is -2.09. The Bertz CT molecular complexity index is 725. The Balaban J connectivity index is 2.78. The van der Waals surface area contributed by atoms with Gasteiger partial charge in [0.15, 0.2) is 5.69 Å². The van der Waals surface area contributed by atoms with Crippen LogP contribution in [0.3, 0.4) is 0 Å². The van der Waals surface area contributed by atoms with E-state index >= 15 is 0 Å². The van der Waals surface area contributed by atoms with Crippen molar-refractivity contribution in [1.29, 1.82) is 0 Å². The van der Waals surface area contributed by atoms with Crippen molar-refractivity contribution >= 4 is 11.6 Å². The molecule has 1 aromatic heterocycles. The number of nitro groups is 1. The molecule has 0 aliphatic rings. The van der Waals surface area contributed by atoms with E-state index in [9.17, 15) is 28.1 Å². The van der Waals surface area contributed by atoms with Gasteiger partial charge in [-0.1, -0.05) is 6.07 Å². The number of hydrogen-bond acceptors (Lipinski definition) is 5. The summed E-state index contributed by atoms with van der Waals surface area (Å²) in [6, 6.07) is 2.55. The van der Waals surface area contributed by atoms with Gasteiger partial charge in [0.1, 0.15) is 11.3 Å². The largest absolute Gasteiger partial charge is 0.423 e. The zero-order valence-corrected chi connectivity index (χ0v) is 10.0. The van der Waals surface area contributed by atoms with E-state index in [-0.39, 0.29) is 0 Å². The molecule has 2 aromatic rings. The third kappa shape index (κ3) is 2.52. The average molecular weight is 301 g/mol. The number of primary amides is 1. The van der Waals surface area contributed by atoms with E-state index in [1.807, 2.05) is 5.21 Å². The van der Waals surface area contributed by atoms with Gasteiger partial charge < -0.3 is 5.73 Å². The van der Waals surface area contributed by atoms with Gasteiger partial charge in [0, 0.05) is 0 Å². The highest BCUT2D eigenvalue weighted by atomic mass is 19.4. The lowest BCUT2D eigenvalue weighted by atomic mass is 10.0. The molecule has 21 heavy (non-hydrogen) atoms. The number of aromatic nitrogens is 3. The van der Waals surface area contributed by atoms with E-state index in [1.165, 1.54) is 0 Å². The van der Waals surface area contributed by atoms with Crippen LogP contribution in [0, 0.1) is 10.1 Å². The van der Waals surface area contributed by atoms with Crippen molar-refractivity contribution in [3.8, 4) is 11.3 Å². The first-order valence-corrected chi connectivity index (χ1v) is 5.29. The van der Waals surface area contributed by atoms with Crippen molar-refractivity contribution in [3.63, 3.8) is 0 Å². The molecule has 2 rings (SSSR count). The summed E-state index contributed by atoms with van der Waals surface area (Å²) in [5.41, 5.74) is 0.909. The molecule has 3 N–H and O–H groups in total. The van der Waals surface area contributed by atoms with Crippen LogP contribution in [0.1, 0.15) is 16.1 Å². The summed E-state index contributed by atoms with van der Waals surface area (Å²) in [6.07, 6.45) is -4.94. The minimum Gasteiger partial charge on any atom is -0.364 e. The van der Waals surface area contributed by atoms with E-state index in [2.05, 4.69) is 10.2 Å². The second-order valence-corrected chi connectivity index (χ2v) is 3.84. The molecule has 0 spiro atoms. The molecule has 0 unspecified atom stereocenters. The number of carbonyl (C=O) groups is 1. The molecule has 1 amide bonds. The van der Waals surface area contributed by atoms with E-state index in [1.54, 1.807) is 0 Å². The number of H-pyrrole nitrogens is 1. The summed E-state index contributed by atoms with van der Waals surface area (Å²) in [5.74, 6) is -1.08. The van der Waals surface area contributed by atoms with Crippen LogP contribution < -0.4 is 5.73 Å². The summed E-state index contributed by atoms with van der Waals surface area (Å²) in [7, 11) is 0. The molecule has 11 heteroatoms. The molecule has 0 aliphatic heterocycles. The Hall–Kier alpha value is -2.98. The fourth-order valence-electron chi connectivity index (χ4n) is 1.75. The van der Waals surface area contributed by atoms with Crippen molar-refractivity contribution in [2.24, 2.45) is 5.73 Å². The standard InChI is InChI=1S/C10H6F3N5O3/c11-10(12,13)5-3-1-2-4(8(5)18(20)21)6-7(9(14)19)16-17-15-6/h1-3H,(H2,14,19)(H,15,16,17). The maximum atomic E-state index is 12.8. The summed E-state index contributed by atoms with van der Waals surface area (Å²) >= 11 is 0. The predicted octanol–water partition coefficient (Wildman–Crippen LogP) is 1.50. The Labute approximate surface area is 113 Å². The number of para-hydroxylation sites is 1. The Morgan fingerprint density at radius 2 is 2.00 bits per heavy atom. The van der Waals surface area contributed by atoms with E-state index in [4.69, 9.17) is 5.73 Å². The van der Waals surface area contributed by atoms with Gasteiger partial charge in [-0.05, 0) is 12.1 Å². The quantitative estimate of drug-likeness (QED) is 0.655. The third-order valence-corrected chi connectivity index (χ3v) is 2.56. The average Bonchev–Trinajstić information content (AvgIpc) is 2.85. The zero-order chi connectivity index (χ0) is 15.8. The first-order valence-electron chi connectivity index (χ1n) is 5.29. The molecule has 0 atom stereocenters. The van der Waals surface area contributed by atoms with Gasteiger partial charge in [-0.2, -0.15) is 28.6 Å². The van der Waals surface area contributed by atoms with Gasteiger partial charge in [0.25, 0.3) is 11.6 Å². The van der Waals surface area contributed by atoms with Crippen LogP contribution in [0.25, 0.3) is 11.3 Å². The van der Waals surface area contributed by atoms with Crippen molar-refractivity contribution in [2.75, 3.05) is 0 Å². The van der Waals surface area contributed by atoms with Gasteiger partial charge in [0.2, 0.25) is 0 Å². The number of halogens is 3. The van der Waals surface area contributed by atoms with Crippen LogP contribution >= 0.6 is 0 Å². The molecule has 110 valence electrons. The smallest absolute Gasteiger partial charge is 0.364 e. The monoisotopic (exact) mass is 301 g/mol. The number of nitrogens with one attached hydrogen (secondary N) is 1. The van der Waals surface area contributed by atoms with Crippen LogP contribution in [-0.4, -0.2) is 26.2 Å². The third-order valence-electron chi connectivity index (χ3n) is 2.56. The van der Waals surface area contributed by atoms with E-state index in [0.29, 0.717) is 6.07 Å². The molecule has 0 saturated carbocycles. The fourth-order valence-corrected chi connectivity index (χ4v) is 1.75. The Morgan fingerprint density at radius 3 is 2.52 bits per heavy atom. The number of alkyl halides is 3. The van der Waals surface area contributed by atoms with Crippen LogP contribution in [-0.2, 0) is 6.18 Å². The maximum Gasteiger partial charge on any atom is 0.423 e. The summed E-state index contributed by atoms with van der Waals surface area (Å²) < 4.78 is 38.5. The normalized spacial score (nSPS) is 11.4. The lowest BCUT2D eigenvalue weighted by Crippen LogP contribution is -2.14. The number of nitro benzene ring substituents is 1. The topological polar surface area (TPSA) is 128 Å². The number of benzene rings is 1. The molecule has 1 aromatic carbocycles. The highest BCUT2D eigenvalue weighted by Crippen LogP contribution is 2.41. The molecule has 0 saturated heterocycles. The predicted molar refractivity (Wildman–Crippen MR) is 62.0 cm³/mol. The highest BCUT2D eigenvalue weighted by Gasteiger charge is 2.40. The maximum absolute atomic E-state index is 12.8. The van der Waals surface area contributed by atoms with Gasteiger partial charge in [0.05, 0.1) is 10.5 Å². The first kappa shape index (κ1) is 14.4. The van der Waals surface area contributed by atoms with Crippen molar-refractivity contribution in [3.05, 3.63) is 39.6 Å². The van der Waals surface area contributed by atoms with E-state index < -0.39 is 45.2 Å². The molecule has 0 bridgehead atoms. The molecule has 0 aliphatic carbocycles. The Kier molecular flexibility index (Phi) is 3.33. The van der Waals surface area contributed by atoms with Crippen LogP contribution in [0.4, 0.5) is 18.9 Å². The second kappa shape index (κ2) is 4.85. The molecule has 0 radical (unpaired) electrons. The number of aromatic amines is 1. The number of nitrogens with two attached hydrogens (primary N) is 1. The molecular formula is C10H6F3N5O3. The lowest BCUT2D eigenvalue weighted by molar-refractivity contribution is -0.387. The van der Waals surface area contributed by atoms with Crippen molar-refractivity contribution in [1.82, 2.24) is 15.4 Å². The van der Waals surface area contributed by atoms with Gasteiger partial charge in [-0.3, -0.25) is 14.9 Å². The molecular weight excluding hydrogens is 295 g/mol. The molecule has 1 heterocycles. The van der Waals surface area contributed by atoms with Gasteiger partial charge in [-0.25, -0.2) is 0 Å². The summed E-state index contributed by atoms with van der Waals surface area (Å²) in [6.45, 7) is 0. The van der Waals surface area contributed by atoms with Crippen molar-refractivity contribution < 1.29 is 22.9 Å². The van der Waals surface area contributed by atoms with Gasteiger partial charge in [-0.15, -0.1) is 0 Å². The fraction of sp³-hybridized carbons (Fsp3) is 0.100. The first-order chi connectivity index (χ1) is 9.73. The Morgan fingerprint density at radius 1 is 1.33 bits per heavy atom. The minimum absolute atomic E-state index is 0.416. The van der Waals surface area contributed by atoms with Crippen LogP contribution in [0.5, 0.6) is 0 Å². The number of amides is 1. The number of rotatable bonds is 3. The number of nitrogens with zero attached hydrogens (tertiary/aromatic N) is 3. The van der Waals surface area contributed by atoms with Gasteiger partial charge >= 0.3 is 6.18 Å². The van der Waals surface area contributed by atoms with Crippen molar-refractivity contribution in [2.45, 2.75) is 6.18 Å². The van der Waals surface area contributed by atoms with Crippen LogP contribution in [0.2, 0.25) is 0 Å². The highest BCUT2D eigenvalue weighted by molar-refractivity contribution is 5.97. The summed E-state index contributed by atoms with van der Waals surface area (Å²) in [5, 5.41) is 19.8.